The molecule has 0 aromatic heterocycles. The molecule has 0 saturated heterocycles. The molecule has 0 spiro atoms. The van der Waals surface area contributed by atoms with Crippen LogP contribution in [0.15, 0.2) is 0 Å². The predicted octanol–water partition coefficient (Wildman–Crippen LogP) is -3.12. The quantitative estimate of drug-likeness (QED) is 0.285. The Labute approximate surface area is 82.3 Å². The van der Waals surface area contributed by atoms with Gasteiger partial charge in [0.05, 0.1) is 0 Å². The first-order valence-electron chi connectivity index (χ1n) is 0.258. The molecule has 1 unspecified atom stereocenters. The molecule has 1 N–H and O–H groups in total. The van der Waals surface area contributed by atoms with Crippen molar-refractivity contribution < 1.29 is 74.5 Å². The van der Waals surface area contributed by atoms with Gasteiger partial charge in [-0.2, -0.15) is 0 Å². The average Bonchev–Trinajstić information content (AvgIpc) is 1.00. The van der Waals surface area contributed by atoms with Crippen molar-refractivity contribution in [3.63, 3.8) is 0 Å². The van der Waals surface area contributed by atoms with E-state index in [-0.39, 0.29) is 69.6 Å². The van der Waals surface area contributed by atoms with E-state index in [2.05, 4.69) is 0 Å². The smallest absolute Gasteiger partial charge is 1.00 e. The fourth-order valence-electron chi connectivity index (χ4n) is 0. The molecular weight excluding hydrogens is 145 g/mol. The first-order chi connectivity index (χ1) is 1.00. The van der Waals surface area contributed by atoms with Crippen molar-refractivity contribution in [2.45, 2.75) is 0 Å². The van der Waals surface area contributed by atoms with E-state index >= 15 is 0 Å². The normalized spacial score (nSPS) is 1.50. The Bertz CT molecular complexity index is 11.6. The Morgan fingerprint density at radius 2 is 1.50 bits per heavy atom. The third-order valence-electron chi connectivity index (χ3n) is 0. The number of rotatable bonds is 0. The van der Waals surface area contributed by atoms with Crippen molar-refractivity contribution in [3.05, 3.63) is 0 Å². The van der Waals surface area contributed by atoms with Gasteiger partial charge in [0, 0.05) is 16.8 Å². The Balaban J connectivity index is -0.00000000167. The molecule has 1 radical (unpaired) electrons. The molecule has 0 heterocycles. The Morgan fingerprint density at radius 1 is 1.50 bits per heavy atom. The van der Waals surface area contributed by atoms with E-state index in [9.17, 15) is 0 Å². The molecule has 0 aromatic carbocycles. The molecule has 0 rings (SSSR count). The van der Waals surface area contributed by atoms with Gasteiger partial charge >= 0.3 is 51.4 Å². The molecule has 0 aliphatic carbocycles. The van der Waals surface area contributed by atoms with Crippen molar-refractivity contribution in [3.8, 4) is 0 Å². The largest absolute Gasteiger partial charge is 1.00 e. The number of hydrogen-bond acceptors (Lipinski definition) is 1. The number of hydrogen-bond donors (Lipinski definition) is 1. The average molecular weight is 149 g/mol. The molecule has 0 amide bonds. The molecular formula is H4CoKOP. The van der Waals surface area contributed by atoms with Gasteiger partial charge in [-0.05, 0) is 9.47 Å². The van der Waals surface area contributed by atoms with E-state index < -0.39 is 0 Å². The van der Waals surface area contributed by atoms with E-state index in [0.717, 1.165) is 0 Å². The Hall–Kier alpha value is 2.53. The monoisotopic (exact) mass is 149 g/mol. The predicted molar refractivity (Wildman–Crippen MR) is 13.0 cm³/mol. The van der Waals surface area contributed by atoms with Gasteiger partial charge in [0.2, 0.25) is 0 Å². The summed E-state index contributed by atoms with van der Waals surface area (Å²) in [4.78, 5) is 6.92. The maximum atomic E-state index is 6.92. The topological polar surface area (TPSA) is 20.2 Å². The summed E-state index contributed by atoms with van der Waals surface area (Å²) in [5, 5.41) is 0. The molecule has 0 aliphatic rings. The summed E-state index contributed by atoms with van der Waals surface area (Å²) in [5.41, 5.74) is 0. The minimum Gasteiger partial charge on any atom is -1.00 e. The minimum atomic E-state index is 0. The van der Waals surface area contributed by atoms with E-state index in [0.29, 0.717) is 0 Å². The van der Waals surface area contributed by atoms with E-state index in [1.165, 1.54) is 9.47 Å². The van der Waals surface area contributed by atoms with Crippen LogP contribution < -0.4 is 51.4 Å². The van der Waals surface area contributed by atoms with Crippen LogP contribution in [0.2, 0.25) is 0 Å². The van der Waals surface area contributed by atoms with Gasteiger partial charge in [-0.1, -0.05) is 0 Å². The summed E-state index contributed by atoms with van der Waals surface area (Å²) in [5.74, 6) is 0. The van der Waals surface area contributed by atoms with Crippen molar-refractivity contribution in [1.29, 1.82) is 0 Å². The molecule has 0 aromatic rings. The molecule has 0 fully saturated rings. The standard InChI is InChI=1S/Co.K.H3OP.H/c;;1-2;/h;;1H,2H2;/q;+1;;-1. The van der Waals surface area contributed by atoms with Gasteiger partial charge in [-0.25, -0.2) is 0 Å². The van der Waals surface area contributed by atoms with Gasteiger partial charge in [-0.15, -0.1) is 0 Å². The van der Waals surface area contributed by atoms with Crippen molar-refractivity contribution in [1.82, 2.24) is 0 Å². The van der Waals surface area contributed by atoms with Gasteiger partial charge < -0.3 is 6.32 Å². The van der Waals surface area contributed by atoms with Crippen LogP contribution >= 0.6 is 9.47 Å². The molecule has 1 atom stereocenters. The second-order valence-corrected chi connectivity index (χ2v) is 0. The van der Waals surface area contributed by atoms with Crippen LogP contribution in [0.5, 0.6) is 0 Å². The first-order valence-corrected chi connectivity index (χ1v) is 0.775. The van der Waals surface area contributed by atoms with Crippen molar-refractivity contribution >= 4 is 9.47 Å². The molecule has 0 saturated carbocycles. The summed E-state index contributed by atoms with van der Waals surface area (Å²) in [7, 11) is 1.42. The molecule has 0 bridgehead atoms. The van der Waals surface area contributed by atoms with Crippen LogP contribution in [0.4, 0.5) is 0 Å². The van der Waals surface area contributed by atoms with Gasteiger partial charge in [0.25, 0.3) is 0 Å². The maximum absolute atomic E-state index is 6.92. The van der Waals surface area contributed by atoms with Crippen molar-refractivity contribution in [2.24, 2.45) is 0 Å². The summed E-state index contributed by atoms with van der Waals surface area (Å²) < 4.78 is 0. The fraction of sp³-hybridized carbons (Fsp3) is 0. The van der Waals surface area contributed by atoms with Crippen molar-refractivity contribution in [2.75, 3.05) is 0 Å². The zero-order valence-corrected chi connectivity index (χ0v) is 7.68. The molecule has 4 heavy (non-hydrogen) atoms. The van der Waals surface area contributed by atoms with Crippen LogP contribution in [0.1, 0.15) is 1.43 Å². The zero-order chi connectivity index (χ0) is 2.00. The van der Waals surface area contributed by atoms with Crippen LogP contribution in [0, 0.1) is 0 Å². The molecule has 0 aliphatic heterocycles. The second kappa shape index (κ2) is 17.7. The van der Waals surface area contributed by atoms with Crippen LogP contribution in [-0.4, -0.2) is 4.89 Å². The second-order valence-electron chi connectivity index (χ2n) is 0. The van der Waals surface area contributed by atoms with E-state index in [4.69, 9.17) is 4.89 Å². The summed E-state index contributed by atoms with van der Waals surface area (Å²) in [6.07, 6.45) is 0. The van der Waals surface area contributed by atoms with Crippen LogP contribution in [0.25, 0.3) is 0 Å². The summed E-state index contributed by atoms with van der Waals surface area (Å²) in [6, 6.07) is 0. The third kappa shape index (κ3) is 8.82. The van der Waals surface area contributed by atoms with Gasteiger partial charge in [-0.3, -0.25) is 0 Å². The van der Waals surface area contributed by atoms with E-state index in [1.54, 1.807) is 0 Å². The Morgan fingerprint density at radius 3 is 1.50 bits per heavy atom. The maximum Gasteiger partial charge on any atom is 1.00 e. The van der Waals surface area contributed by atoms with E-state index in [1.807, 2.05) is 0 Å². The first kappa shape index (κ1) is 16.0. The van der Waals surface area contributed by atoms with Gasteiger partial charge in [0.15, 0.2) is 0 Å². The molecule has 25 valence electrons. The minimum absolute atomic E-state index is 0. The van der Waals surface area contributed by atoms with Crippen LogP contribution in [0.3, 0.4) is 0 Å². The third-order valence-corrected chi connectivity index (χ3v) is 0. The molecule has 4 heteroatoms. The van der Waals surface area contributed by atoms with Gasteiger partial charge in [0.1, 0.15) is 0 Å². The van der Waals surface area contributed by atoms with Crippen LogP contribution in [-0.2, 0) is 16.8 Å². The summed E-state index contributed by atoms with van der Waals surface area (Å²) >= 11 is 0. The SMILES string of the molecule is OP.[Co].[H-].[K+]. The summed E-state index contributed by atoms with van der Waals surface area (Å²) in [6.45, 7) is 0. The fourth-order valence-corrected chi connectivity index (χ4v) is 0. The Kier molecular flexibility index (Phi) is 71.0. The zero-order valence-electron chi connectivity index (χ0n) is 3.36. The molecule has 1 nitrogen and oxygen atoms in total.